The van der Waals surface area contributed by atoms with Crippen molar-refractivity contribution >= 4 is 17.8 Å². The van der Waals surface area contributed by atoms with E-state index in [-0.39, 0.29) is 30.2 Å². The fourth-order valence-electron chi connectivity index (χ4n) is 2.17. The molecule has 0 unspecified atom stereocenters. The molecule has 0 aromatic carbocycles. The van der Waals surface area contributed by atoms with Crippen LogP contribution in [0.25, 0.3) is 0 Å². The molecule has 1 rings (SSSR count). The van der Waals surface area contributed by atoms with E-state index in [1.165, 1.54) is 0 Å². The number of likely N-dealkylation sites (N-methyl/N-ethyl adjacent to an activating group) is 1. The molecule has 0 aromatic rings. The highest BCUT2D eigenvalue weighted by Gasteiger charge is 2.29. The molecule has 0 saturated heterocycles. The number of rotatable bonds is 5. The maximum Gasteiger partial charge on any atom is 0.306 e. The van der Waals surface area contributed by atoms with Gasteiger partial charge in [-0.3, -0.25) is 14.4 Å². The van der Waals surface area contributed by atoms with Crippen LogP contribution >= 0.6 is 0 Å². The Hall–Kier alpha value is -1.59. The van der Waals surface area contributed by atoms with Gasteiger partial charge in [-0.15, -0.1) is 0 Å². The Morgan fingerprint density at radius 1 is 1.06 bits per heavy atom. The van der Waals surface area contributed by atoms with Crippen molar-refractivity contribution in [1.29, 1.82) is 0 Å². The van der Waals surface area contributed by atoms with Crippen LogP contribution in [0.1, 0.15) is 32.6 Å². The first-order chi connectivity index (χ1) is 8.54. The van der Waals surface area contributed by atoms with Crippen LogP contribution in [0.2, 0.25) is 0 Å². The van der Waals surface area contributed by atoms with Crippen LogP contribution in [-0.2, 0) is 14.4 Å². The molecule has 0 aromatic heterocycles. The lowest BCUT2D eigenvalue weighted by atomic mass is 9.81. The minimum absolute atomic E-state index is 0.00840. The van der Waals surface area contributed by atoms with Gasteiger partial charge in [0.25, 0.3) is 0 Å². The fraction of sp³-hybridized carbons (Fsp3) is 0.750. The molecule has 1 aliphatic rings. The minimum atomic E-state index is -0.781. The number of hydrogen-bond acceptors (Lipinski definition) is 3. The van der Waals surface area contributed by atoms with Crippen LogP contribution in [0.5, 0.6) is 0 Å². The predicted molar refractivity (Wildman–Crippen MR) is 64.8 cm³/mol. The van der Waals surface area contributed by atoms with Crippen molar-refractivity contribution in [2.75, 3.05) is 13.1 Å². The lowest BCUT2D eigenvalue weighted by Crippen LogP contribution is -2.40. The molecular formula is C12H20N2O4. The highest BCUT2D eigenvalue weighted by molar-refractivity contribution is 5.85. The van der Waals surface area contributed by atoms with Crippen LogP contribution in [0.3, 0.4) is 0 Å². The van der Waals surface area contributed by atoms with Crippen LogP contribution in [-0.4, -0.2) is 36.0 Å². The van der Waals surface area contributed by atoms with Crippen molar-refractivity contribution in [2.24, 2.45) is 11.8 Å². The average Bonchev–Trinajstić information content (AvgIpc) is 2.36. The van der Waals surface area contributed by atoms with Gasteiger partial charge in [0.15, 0.2) is 0 Å². The topological polar surface area (TPSA) is 95.5 Å². The predicted octanol–water partition coefficient (Wildman–Crippen LogP) is 0.130. The van der Waals surface area contributed by atoms with Crippen molar-refractivity contribution in [3.05, 3.63) is 0 Å². The highest BCUT2D eigenvalue weighted by Crippen LogP contribution is 2.28. The molecule has 0 bridgehead atoms. The molecule has 0 heterocycles. The summed E-state index contributed by atoms with van der Waals surface area (Å²) in [5, 5.41) is 14.0. The molecule has 0 spiro atoms. The van der Waals surface area contributed by atoms with Gasteiger partial charge in [0, 0.05) is 12.5 Å². The third kappa shape index (κ3) is 4.35. The number of amides is 2. The number of carboxylic acid groups (broad SMARTS) is 1. The maximum absolute atomic E-state index is 11.7. The first-order valence-electron chi connectivity index (χ1n) is 6.31. The van der Waals surface area contributed by atoms with E-state index in [0.717, 1.165) is 0 Å². The van der Waals surface area contributed by atoms with Crippen LogP contribution in [0, 0.1) is 11.8 Å². The smallest absolute Gasteiger partial charge is 0.306 e. The summed E-state index contributed by atoms with van der Waals surface area (Å²) in [5.41, 5.74) is 0. The number of carbonyl (C=O) groups excluding carboxylic acids is 2. The van der Waals surface area contributed by atoms with Gasteiger partial charge in [-0.05, 0) is 32.6 Å². The minimum Gasteiger partial charge on any atom is -0.481 e. The number of carboxylic acids is 1. The molecule has 0 radical (unpaired) electrons. The molecule has 6 heteroatoms. The summed E-state index contributed by atoms with van der Waals surface area (Å²) in [6, 6.07) is 0. The quantitative estimate of drug-likeness (QED) is 0.651. The molecule has 102 valence electrons. The molecule has 1 aliphatic carbocycles. The summed E-state index contributed by atoms with van der Waals surface area (Å²) < 4.78 is 0. The van der Waals surface area contributed by atoms with E-state index in [1.54, 1.807) is 0 Å². The number of hydrogen-bond donors (Lipinski definition) is 3. The molecule has 0 atom stereocenters. The van der Waals surface area contributed by atoms with Crippen molar-refractivity contribution in [1.82, 2.24) is 10.6 Å². The normalized spacial score (nSPS) is 23.2. The van der Waals surface area contributed by atoms with Gasteiger partial charge in [0.05, 0.1) is 12.5 Å². The van der Waals surface area contributed by atoms with Gasteiger partial charge < -0.3 is 15.7 Å². The third-order valence-electron chi connectivity index (χ3n) is 3.24. The van der Waals surface area contributed by atoms with E-state index in [1.807, 2.05) is 6.92 Å². The Kier molecular flexibility index (Phi) is 5.61. The third-order valence-corrected chi connectivity index (χ3v) is 3.24. The summed E-state index contributed by atoms with van der Waals surface area (Å²) in [5.74, 6) is -1.61. The highest BCUT2D eigenvalue weighted by atomic mass is 16.4. The summed E-state index contributed by atoms with van der Waals surface area (Å²) in [6.45, 7) is 2.34. The zero-order valence-electron chi connectivity index (χ0n) is 10.6. The van der Waals surface area contributed by atoms with Crippen molar-refractivity contribution < 1.29 is 19.5 Å². The van der Waals surface area contributed by atoms with Gasteiger partial charge in [-0.1, -0.05) is 0 Å². The van der Waals surface area contributed by atoms with E-state index in [2.05, 4.69) is 10.6 Å². The largest absolute Gasteiger partial charge is 0.481 e. The van der Waals surface area contributed by atoms with E-state index in [0.29, 0.717) is 32.2 Å². The zero-order valence-corrected chi connectivity index (χ0v) is 10.6. The monoisotopic (exact) mass is 256 g/mol. The average molecular weight is 256 g/mol. The van der Waals surface area contributed by atoms with Crippen LogP contribution in [0.4, 0.5) is 0 Å². The number of carbonyl (C=O) groups is 3. The lowest BCUT2D eigenvalue weighted by molar-refractivity contribution is -0.144. The molecule has 6 nitrogen and oxygen atoms in total. The van der Waals surface area contributed by atoms with Crippen molar-refractivity contribution in [3.63, 3.8) is 0 Å². The summed E-state index contributed by atoms with van der Waals surface area (Å²) in [7, 11) is 0. The van der Waals surface area contributed by atoms with Crippen LogP contribution in [0.15, 0.2) is 0 Å². The van der Waals surface area contributed by atoms with Gasteiger partial charge in [0.1, 0.15) is 0 Å². The fourth-order valence-corrected chi connectivity index (χ4v) is 2.17. The summed E-state index contributed by atoms with van der Waals surface area (Å²) in [6.07, 6.45) is 2.24. The number of nitrogens with one attached hydrogen (secondary N) is 2. The van der Waals surface area contributed by atoms with Gasteiger partial charge >= 0.3 is 5.97 Å². The summed E-state index contributed by atoms with van der Waals surface area (Å²) >= 11 is 0. The Balaban J connectivity index is 2.28. The molecule has 1 saturated carbocycles. The standard InChI is InChI=1S/C12H20N2O4/c1-2-13-10(15)7-14-11(16)8-3-5-9(6-4-8)12(17)18/h8-9H,2-7H2,1H3,(H,13,15)(H,14,16)(H,17,18). The first kappa shape index (κ1) is 14.5. The van der Waals surface area contributed by atoms with Gasteiger partial charge in [0.2, 0.25) is 11.8 Å². The Bertz CT molecular complexity index is 322. The van der Waals surface area contributed by atoms with E-state index < -0.39 is 5.97 Å². The SMILES string of the molecule is CCNC(=O)CNC(=O)C1CCC(C(=O)O)CC1. The molecule has 1 fully saturated rings. The molecule has 2 amide bonds. The second-order valence-electron chi connectivity index (χ2n) is 4.56. The van der Waals surface area contributed by atoms with Crippen LogP contribution < -0.4 is 10.6 Å². The van der Waals surface area contributed by atoms with E-state index in [9.17, 15) is 14.4 Å². The number of aliphatic carboxylic acids is 1. The molecule has 0 aliphatic heterocycles. The molecule has 18 heavy (non-hydrogen) atoms. The second-order valence-corrected chi connectivity index (χ2v) is 4.56. The van der Waals surface area contributed by atoms with Gasteiger partial charge in [-0.25, -0.2) is 0 Å². The molecular weight excluding hydrogens is 236 g/mol. The maximum atomic E-state index is 11.7. The molecule has 3 N–H and O–H groups in total. The Morgan fingerprint density at radius 3 is 2.11 bits per heavy atom. The Morgan fingerprint density at radius 2 is 1.61 bits per heavy atom. The van der Waals surface area contributed by atoms with E-state index in [4.69, 9.17) is 5.11 Å². The Labute approximate surface area is 106 Å². The van der Waals surface area contributed by atoms with Gasteiger partial charge in [-0.2, -0.15) is 0 Å². The van der Waals surface area contributed by atoms with Crippen molar-refractivity contribution in [2.45, 2.75) is 32.6 Å². The van der Waals surface area contributed by atoms with E-state index >= 15 is 0 Å². The summed E-state index contributed by atoms with van der Waals surface area (Å²) in [4.78, 5) is 33.7. The lowest BCUT2D eigenvalue weighted by Gasteiger charge is -2.25. The first-order valence-corrected chi connectivity index (χ1v) is 6.31. The van der Waals surface area contributed by atoms with Crippen molar-refractivity contribution in [3.8, 4) is 0 Å². The zero-order chi connectivity index (χ0) is 13.5. The second kappa shape index (κ2) is 6.98.